The summed E-state index contributed by atoms with van der Waals surface area (Å²) in [4.78, 5) is 3.44. The maximum absolute atomic E-state index is 2.44. The quantitative estimate of drug-likeness (QED) is 0.545. The van der Waals surface area contributed by atoms with Crippen molar-refractivity contribution in [2.24, 2.45) is 11.8 Å². The van der Waals surface area contributed by atoms with Crippen LogP contribution < -0.4 is 0 Å². The van der Waals surface area contributed by atoms with Crippen LogP contribution in [0.1, 0.15) is 12.8 Å². The van der Waals surface area contributed by atoms with E-state index in [1.807, 2.05) is 0 Å². The molecule has 64 valence electrons. The van der Waals surface area contributed by atoms with Gasteiger partial charge in [0, 0.05) is 22.3 Å². The van der Waals surface area contributed by atoms with Gasteiger partial charge in [-0.3, -0.25) is 0 Å². The lowest BCUT2D eigenvalue weighted by Crippen LogP contribution is -2.12. The number of allylic oxidation sites excluding steroid dienone is 4. The molecular weight excluding hydrogens is 184 g/mol. The summed E-state index contributed by atoms with van der Waals surface area (Å²) in [7, 11) is 0. The van der Waals surface area contributed by atoms with Crippen LogP contribution in [-0.2, 0) is 0 Å². The first-order chi connectivity index (χ1) is 5.93. The van der Waals surface area contributed by atoms with E-state index in [0.29, 0.717) is 0 Å². The average molecular weight is 196 g/mol. The largest absolute Gasteiger partial charge is 0.129 e. The van der Waals surface area contributed by atoms with Crippen molar-refractivity contribution in [2.75, 3.05) is 11.5 Å². The first-order valence-corrected chi connectivity index (χ1v) is 6.57. The standard InChI is InChI=1S/C10H12S2/c1-2-8-5-7(1)6-9-10(8)12-4-3-11-9/h1-2,7-8H,3-6H2/t7-,8+/m0/s1. The first-order valence-electron chi connectivity index (χ1n) is 4.60. The fourth-order valence-corrected chi connectivity index (χ4v) is 5.05. The highest BCUT2D eigenvalue weighted by Crippen LogP contribution is 2.50. The Morgan fingerprint density at radius 3 is 3.08 bits per heavy atom. The summed E-state index contributed by atoms with van der Waals surface area (Å²) >= 11 is 4.23. The molecule has 12 heavy (non-hydrogen) atoms. The minimum Gasteiger partial charge on any atom is -0.129 e. The summed E-state index contributed by atoms with van der Waals surface area (Å²) in [6, 6.07) is 0. The van der Waals surface area contributed by atoms with Gasteiger partial charge >= 0.3 is 0 Å². The van der Waals surface area contributed by atoms with Gasteiger partial charge in [0.2, 0.25) is 0 Å². The van der Waals surface area contributed by atoms with Crippen molar-refractivity contribution in [1.29, 1.82) is 0 Å². The average Bonchev–Trinajstić information content (AvgIpc) is 2.49. The third-order valence-corrected chi connectivity index (χ3v) is 5.65. The van der Waals surface area contributed by atoms with Crippen molar-refractivity contribution < 1.29 is 0 Å². The molecule has 2 heteroatoms. The fourth-order valence-electron chi connectivity index (χ4n) is 2.30. The highest BCUT2D eigenvalue weighted by molar-refractivity contribution is 8.10. The van der Waals surface area contributed by atoms with Gasteiger partial charge in [0.1, 0.15) is 0 Å². The SMILES string of the molecule is C1=C[C@@H]2C[C@H]1CC1=C2SCCS1. The van der Waals surface area contributed by atoms with Crippen molar-refractivity contribution in [1.82, 2.24) is 0 Å². The number of thioether (sulfide) groups is 2. The molecule has 0 saturated carbocycles. The predicted molar refractivity (Wildman–Crippen MR) is 57.3 cm³/mol. The Labute approximate surface area is 81.9 Å². The second kappa shape index (κ2) is 2.85. The highest BCUT2D eigenvalue weighted by Gasteiger charge is 2.32. The highest BCUT2D eigenvalue weighted by atomic mass is 32.2. The van der Waals surface area contributed by atoms with E-state index in [0.717, 1.165) is 11.8 Å². The summed E-state index contributed by atoms with van der Waals surface area (Å²) in [5, 5.41) is 0. The lowest BCUT2D eigenvalue weighted by Gasteiger charge is -2.28. The predicted octanol–water partition coefficient (Wildman–Crippen LogP) is 3.27. The molecule has 0 fully saturated rings. The Morgan fingerprint density at radius 2 is 2.08 bits per heavy atom. The Bertz CT molecular complexity index is 265. The first kappa shape index (κ1) is 7.57. The number of hydrogen-bond acceptors (Lipinski definition) is 2. The van der Waals surface area contributed by atoms with Crippen LogP contribution in [0, 0.1) is 11.8 Å². The zero-order valence-electron chi connectivity index (χ0n) is 6.95. The molecule has 1 aliphatic heterocycles. The maximum Gasteiger partial charge on any atom is 0.00916 e. The monoisotopic (exact) mass is 196 g/mol. The molecule has 0 saturated heterocycles. The molecule has 2 aliphatic carbocycles. The Balaban J connectivity index is 1.99. The smallest absolute Gasteiger partial charge is 0.00916 e. The van der Waals surface area contributed by atoms with E-state index in [9.17, 15) is 0 Å². The molecule has 0 nitrogen and oxygen atoms in total. The van der Waals surface area contributed by atoms with Gasteiger partial charge in [-0.2, -0.15) is 0 Å². The molecule has 0 amide bonds. The van der Waals surface area contributed by atoms with Crippen LogP contribution in [0.2, 0.25) is 0 Å². The Kier molecular flexibility index (Phi) is 1.80. The minimum atomic E-state index is 0.816. The van der Waals surface area contributed by atoms with E-state index in [1.165, 1.54) is 24.3 Å². The topological polar surface area (TPSA) is 0 Å². The lowest BCUT2D eigenvalue weighted by molar-refractivity contribution is 0.550. The van der Waals surface area contributed by atoms with Gasteiger partial charge in [0.15, 0.2) is 0 Å². The van der Waals surface area contributed by atoms with E-state index in [4.69, 9.17) is 0 Å². The van der Waals surface area contributed by atoms with Crippen LogP contribution in [0.15, 0.2) is 22.0 Å². The lowest BCUT2D eigenvalue weighted by atomic mass is 9.94. The maximum atomic E-state index is 2.44. The number of rotatable bonds is 0. The van der Waals surface area contributed by atoms with E-state index >= 15 is 0 Å². The summed E-state index contributed by atoms with van der Waals surface area (Å²) in [6.07, 6.45) is 7.63. The molecule has 0 radical (unpaired) electrons. The third-order valence-electron chi connectivity index (χ3n) is 2.85. The number of hydrogen-bond donors (Lipinski definition) is 0. The zero-order chi connectivity index (χ0) is 7.97. The minimum absolute atomic E-state index is 0.816. The van der Waals surface area contributed by atoms with Crippen LogP contribution in [0.25, 0.3) is 0 Å². The van der Waals surface area contributed by atoms with Crippen LogP contribution >= 0.6 is 23.5 Å². The van der Waals surface area contributed by atoms with Gasteiger partial charge < -0.3 is 0 Å². The van der Waals surface area contributed by atoms with Crippen molar-refractivity contribution in [3.05, 3.63) is 22.0 Å². The van der Waals surface area contributed by atoms with Crippen molar-refractivity contribution in [2.45, 2.75) is 12.8 Å². The van der Waals surface area contributed by atoms with E-state index in [2.05, 4.69) is 35.7 Å². The van der Waals surface area contributed by atoms with Gasteiger partial charge in [-0.25, -0.2) is 0 Å². The Morgan fingerprint density at radius 1 is 1.17 bits per heavy atom. The molecule has 3 rings (SSSR count). The van der Waals surface area contributed by atoms with E-state index in [1.54, 1.807) is 9.81 Å². The van der Waals surface area contributed by atoms with E-state index in [-0.39, 0.29) is 0 Å². The van der Waals surface area contributed by atoms with Crippen LogP contribution in [0.5, 0.6) is 0 Å². The van der Waals surface area contributed by atoms with Gasteiger partial charge in [-0.05, 0) is 23.7 Å². The fraction of sp³-hybridized carbons (Fsp3) is 0.600. The number of fused-ring (bicyclic) bond motifs is 3. The molecule has 2 atom stereocenters. The van der Waals surface area contributed by atoms with Crippen LogP contribution in [0.4, 0.5) is 0 Å². The molecule has 0 aromatic heterocycles. The molecule has 0 aromatic rings. The summed E-state index contributed by atoms with van der Waals surface area (Å²) < 4.78 is 0. The van der Waals surface area contributed by atoms with E-state index < -0.39 is 0 Å². The normalized spacial score (nSPS) is 38.7. The summed E-state index contributed by atoms with van der Waals surface area (Å²) in [5.41, 5.74) is 0. The van der Waals surface area contributed by atoms with Crippen LogP contribution in [0.3, 0.4) is 0 Å². The molecule has 0 spiro atoms. The molecule has 0 unspecified atom stereocenters. The molecule has 2 bridgehead atoms. The van der Waals surface area contributed by atoms with Gasteiger partial charge in [0.25, 0.3) is 0 Å². The molecule has 1 heterocycles. The van der Waals surface area contributed by atoms with Gasteiger partial charge in [-0.1, -0.05) is 12.2 Å². The molecule has 3 aliphatic rings. The van der Waals surface area contributed by atoms with Gasteiger partial charge in [-0.15, -0.1) is 23.5 Å². The van der Waals surface area contributed by atoms with Crippen LogP contribution in [-0.4, -0.2) is 11.5 Å². The van der Waals surface area contributed by atoms with Crippen molar-refractivity contribution in [3.8, 4) is 0 Å². The second-order valence-electron chi connectivity index (χ2n) is 3.68. The van der Waals surface area contributed by atoms with Crippen molar-refractivity contribution in [3.63, 3.8) is 0 Å². The second-order valence-corrected chi connectivity index (χ2v) is 6.00. The molecule has 0 aromatic carbocycles. The Hall–Kier alpha value is 0.180. The molecule has 0 N–H and O–H groups in total. The van der Waals surface area contributed by atoms with Gasteiger partial charge in [0.05, 0.1) is 0 Å². The third kappa shape index (κ3) is 1.08. The zero-order valence-corrected chi connectivity index (χ0v) is 8.59. The molecular formula is C10H12S2. The summed E-state index contributed by atoms with van der Waals surface area (Å²) in [6.45, 7) is 0. The van der Waals surface area contributed by atoms with Crippen molar-refractivity contribution >= 4 is 23.5 Å². The summed E-state index contributed by atoms with van der Waals surface area (Å²) in [5.74, 6) is 4.37.